The van der Waals surface area contributed by atoms with Gasteiger partial charge in [0.1, 0.15) is 5.82 Å². The number of benzene rings is 1. The quantitative estimate of drug-likeness (QED) is 0.639. The molecule has 1 aliphatic rings. The second-order valence-electron chi connectivity index (χ2n) is 8.25. The summed E-state index contributed by atoms with van der Waals surface area (Å²) >= 11 is 0. The first kappa shape index (κ1) is 22.3. The van der Waals surface area contributed by atoms with Crippen LogP contribution < -0.4 is 11.0 Å². The Balaban J connectivity index is 1.70. The van der Waals surface area contributed by atoms with Gasteiger partial charge >= 0.3 is 11.7 Å². The van der Waals surface area contributed by atoms with Crippen LogP contribution in [0.3, 0.4) is 0 Å². The number of ether oxygens (including phenoxy) is 1. The number of nitrogens with one attached hydrogen (secondary N) is 1. The third-order valence-corrected chi connectivity index (χ3v) is 6.06. The van der Waals surface area contributed by atoms with Crippen LogP contribution in [0.2, 0.25) is 0 Å². The van der Waals surface area contributed by atoms with E-state index in [-0.39, 0.29) is 17.6 Å². The highest BCUT2D eigenvalue weighted by atomic mass is 16.5. The molecule has 0 aliphatic carbocycles. The smallest absolute Gasteiger partial charge is 0.350 e. The highest BCUT2D eigenvalue weighted by Gasteiger charge is 2.19. The van der Waals surface area contributed by atoms with Gasteiger partial charge < -0.3 is 10.1 Å². The number of aromatic nitrogens is 3. The number of carbonyl (C=O) groups excluding carboxylic acids is 1. The van der Waals surface area contributed by atoms with Gasteiger partial charge in [0.05, 0.1) is 18.7 Å². The number of methoxy groups -OCH3 is 1. The van der Waals surface area contributed by atoms with Crippen molar-refractivity contribution < 1.29 is 9.53 Å². The number of esters is 1. The number of piperidine rings is 1. The highest BCUT2D eigenvalue weighted by molar-refractivity contribution is 5.72. The monoisotopic (exact) mass is 414 g/mol. The van der Waals surface area contributed by atoms with Crippen molar-refractivity contribution in [1.29, 1.82) is 0 Å². The van der Waals surface area contributed by atoms with E-state index in [1.807, 2.05) is 31.2 Å². The summed E-state index contributed by atoms with van der Waals surface area (Å²) in [6.45, 7) is 6.72. The molecule has 0 spiro atoms. The summed E-state index contributed by atoms with van der Waals surface area (Å²) in [6.07, 6.45) is 5.70. The number of hydrogen-bond acceptors (Lipinski definition) is 5. The van der Waals surface area contributed by atoms with Crippen molar-refractivity contribution in [2.45, 2.75) is 58.9 Å². The average Bonchev–Trinajstić information content (AvgIpc) is 3.05. The average molecular weight is 415 g/mol. The predicted octanol–water partition coefficient (Wildman–Crippen LogP) is 2.86. The van der Waals surface area contributed by atoms with E-state index in [9.17, 15) is 9.59 Å². The number of carbonyl (C=O) groups is 1. The standard InChI is InChI=1S/C23H34N4O3/c1-4-5-20(22(28)30-3)16-19-6-8-21(9-7-19)27-17(2)25-26(23(27)29)15-12-18-10-13-24-14-11-18/h6-9,18,20,24H,4-5,10-16H2,1-3H3. The largest absolute Gasteiger partial charge is 0.469 e. The molecule has 1 saturated heterocycles. The lowest BCUT2D eigenvalue weighted by Crippen LogP contribution is -2.30. The molecule has 7 heteroatoms. The minimum absolute atomic E-state index is 0.0902. The van der Waals surface area contributed by atoms with Gasteiger partial charge in [0.2, 0.25) is 0 Å². The van der Waals surface area contributed by atoms with Gasteiger partial charge in [0, 0.05) is 6.54 Å². The Morgan fingerprint density at radius 1 is 1.27 bits per heavy atom. The fourth-order valence-corrected chi connectivity index (χ4v) is 4.32. The molecule has 0 bridgehead atoms. The van der Waals surface area contributed by atoms with E-state index in [1.165, 1.54) is 20.0 Å². The Labute approximate surface area is 178 Å². The maximum absolute atomic E-state index is 12.9. The minimum atomic E-state index is -0.164. The summed E-state index contributed by atoms with van der Waals surface area (Å²) in [6, 6.07) is 7.84. The fraction of sp³-hybridized carbons (Fsp3) is 0.609. The molecule has 1 atom stereocenters. The van der Waals surface area contributed by atoms with E-state index >= 15 is 0 Å². The molecule has 2 aromatic rings. The number of rotatable bonds is 9. The first-order valence-corrected chi connectivity index (χ1v) is 11.1. The van der Waals surface area contributed by atoms with Gasteiger partial charge in [-0.15, -0.1) is 0 Å². The van der Waals surface area contributed by atoms with Crippen LogP contribution in [0.4, 0.5) is 0 Å². The van der Waals surface area contributed by atoms with E-state index in [1.54, 1.807) is 9.25 Å². The third-order valence-electron chi connectivity index (χ3n) is 6.06. The molecular weight excluding hydrogens is 380 g/mol. The van der Waals surface area contributed by atoms with E-state index in [2.05, 4.69) is 17.3 Å². The van der Waals surface area contributed by atoms with Gasteiger partial charge in [0.15, 0.2) is 0 Å². The summed E-state index contributed by atoms with van der Waals surface area (Å²) in [5, 5.41) is 7.87. The van der Waals surface area contributed by atoms with Crippen LogP contribution in [-0.4, -0.2) is 40.5 Å². The molecule has 0 saturated carbocycles. The third kappa shape index (κ3) is 5.39. The highest BCUT2D eigenvalue weighted by Crippen LogP contribution is 2.19. The van der Waals surface area contributed by atoms with Crippen molar-refractivity contribution in [2.24, 2.45) is 11.8 Å². The minimum Gasteiger partial charge on any atom is -0.469 e. The first-order valence-electron chi connectivity index (χ1n) is 11.1. The molecule has 2 heterocycles. The summed E-state index contributed by atoms with van der Waals surface area (Å²) in [5.74, 6) is 1.06. The van der Waals surface area contributed by atoms with Crippen molar-refractivity contribution in [3.8, 4) is 5.69 Å². The molecule has 164 valence electrons. The molecule has 0 radical (unpaired) electrons. The Kier molecular flexibility index (Phi) is 7.85. The predicted molar refractivity (Wildman–Crippen MR) is 117 cm³/mol. The summed E-state index contributed by atoms with van der Waals surface area (Å²) < 4.78 is 8.19. The zero-order chi connectivity index (χ0) is 21.5. The molecule has 30 heavy (non-hydrogen) atoms. The van der Waals surface area contributed by atoms with Gasteiger partial charge in [0.25, 0.3) is 0 Å². The molecule has 0 amide bonds. The second kappa shape index (κ2) is 10.6. The van der Waals surface area contributed by atoms with E-state index in [0.29, 0.717) is 24.7 Å². The lowest BCUT2D eigenvalue weighted by molar-refractivity contribution is -0.145. The van der Waals surface area contributed by atoms with Gasteiger partial charge in [-0.3, -0.25) is 4.79 Å². The van der Waals surface area contributed by atoms with Crippen molar-refractivity contribution in [1.82, 2.24) is 19.7 Å². The van der Waals surface area contributed by atoms with Crippen molar-refractivity contribution in [3.05, 3.63) is 46.1 Å². The maximum Gasteiger partial charge on any atom is 0.350 e. The Morgan fingerprint density at radius 2 is 1.97 bits per heavy atom. The van der Waals surface area contributed by atoms with E-state index in [0.717, 1.165) is 43.6 Å². The van der Waals surface area contributed by atoms with Crippen LogP contribution in [0.25, 0.3) is 5.69 Å². The number of hydrogen-bond donors (Lipinski definition) is 1. The van der Waals surface area contributed by atoms with Crippen LogP contribution >= 0.6 is 0 Å². The maximum atomic E-state index is 12.9. The Bertz CT molecular complexity index is 879. The molecule has 1 N–H and O–H groups in total. The van der Waals surface area contributed by atoms with Crippen LogP contribution in [0.1, 0.15) is 50.4 Å². The molecule has 7 nitrogen and oxygen atoms in total. The topological polar surface area (TPSA) is 78.2 Å². The SMILES string of the molecule is CCCC(Cc1ccc(-n2c(C)nn(CCC3CCNCC3)c2=O)cc1)C(=O)OC. The van der Waals surface area contributed by atoms with Crippen LogP contribution in [0, 0.1) is 18.8 Å². The van der Waals surface area contributed by atoms with Crippen molar-refractivity contribution in [2.75, 3.05) is 20.2 Å². The van der Waals surface area contributed by atoms with Gasteiger partial charge in [-0.25, -0.2) is 14.0 Å². The van der Waals surface area contributed by atoms with E-state index < -0.39 is 0 Å². The zero-order valence-corrected chi connectivity index (χ0v) is 18.4. The molecule has 1 fully saturated rings. The normalized spacial score (nSPS) is 15.8. The summed E-state index contributed by atoms with van der Waals surface area (Å²) in [7, 11) is 1.44. The Hall–Kier alpha value is -2.41. The number of nitrogens with zero attached hydrogens (tertiary/aromatic N) is 3. The summed E-state index contributed by atoms with van der Waals surface area (Å²) in [4.78, 5) is 24.9. The molecule has 1 aliphatic heterocycles. The van der Waals surface area contributed by atoms with Crippen LogP contribution in [0.5, 0.6) is 0 Å². The zero-order valence-electron chi connectivity index (χ0n) is 18.4. The van der Waals surface area contributed by atoms with Crippen molar-refractivity contribution in [3.63, 3.8) is 0 Å². The van der Waals surface area contributed by atoms with Gasteiger partial charge in [-0.1, -0.05) is 25.5 Å². The lowest BCUT2D eigenvalue weighted by atomic mass is 9.95. The van der Waals surface area contributed by atoms with Crippen molar-refractivity contribution >= 4 is 5.97 Å². The fourth-order valence-electron chi connectivity index (χ4n) is 4.32. The summed E-state index contributed by atoms with van der Waals surface area (Å²) in [5.41, 5.74) is 1.78. The van der Waals surface area contributed by atoms with Crippen LogP contribution in [0.15, 0.2) is 29.1 Å². The van der Waals surface area contributed by atoms with E-state index in [4.69, 9.17) is 4.74 Å². The molecule has 1 aromatic heterocycles. The molecule has 1 unspecified atom stereocenters. The molecule has 3 rings (SSSR count). The molecule has 1 aromatic carbocycles. The Morgan fingerprint density at radius 3 is 2.60 bits per heavy atom. The first-order chi connectivity index (χ1) is 14.5. The molecular formula is C23H34N4O3. The van der Waals surface area contributed by atoms with Crippen LogP contribution in [-0.2, 0) is 22.5 Å². The van der Waals surface area contributed by atoms with Gasteiger partial charge in [-0.05, 0) is 75.7 Å². The van der Waals surface area contributed by atoms with Gasteiger partial charge in [-0.2, -0.15) is 5.10 Å². The number of aryl methyl sites for hydroxylation is 2. The lowest BCUT2D eigenvalue weighted by Gasteiger charge is -2.22. The second-order valence-corrected chi connectivity index (χ2v) is 8.25.